The van der Waals surface area contributed by atoms with Gasteiger partial charge in [0.25, 0.3) is 5.56 Å². The molecule has 0 amide bonds. The van der Waals surface area contributed by atoms with E-state index in [4.69, 9.17) is 23.2 Å². The first-order valence-corrected chi connectivity index (χ1v) is 10.3. The largest absolute Gasteiger partial charge is 0.273 e. The molecule has 0 aliphatic carbocycles. The van der Waals surface area contributed by atoms with Gasteiger partial charge in [0.1, 0.15) is 16.8 Å². The van der Waals surface area contributed by atoms with E-state index in [0.29, 0.717) is 31.7 Å². The van der Waals surface area contributed by atoms with E-state index in [1.807, 2.05) is 36.4 Å². The molecule has 3 aromatic rings. The van der Waals surface area contributed by atoms with Crippen molar-refractivity contribution in [3.63, 3.8) is 0 Å². The Balaban J connectivity index is 2.37. The van der Waals surface area contributed by atoms with E-state index >= 15 is 0 Å². The molecule has 4 nitrogen and oxygen atoms in total. The van der Waals surface area contributed by atoms with Crippen molar-refractivity contribution >= 4 is 46.2 Å². The molecule has 3 rings (SSSR count). The second kappa shape index (κ2) is 8.68. The van der Waals surface area contributed by atoms with Crippen molar-refractivity contribution in [2.24, 2.45) is 0 Å². The maximum Gasteiger partial charge on any atom is 0.273 e. The SMILES string of the molecule is CC(C)c1ccc(-n2c(=C(C#N)C#N)sc(=Cc3c(Cl)cccc3Cl)c2=O)cc1. The van der Waals surface area contributed by atoms with Gasteiger partial charge in [-0.15, -0.1) is 11.3 Å². The van der Waals surface area contributed by atoms with Crippen LogP contribution in [-0.4, -0.2) is 4.57 Å². The molecule has 2 aromatic carbocycles. The minimum Gasteiger partial charge on any atom is -0.267 e. The highest BCUT2D eigenvalue weighted by Gasteiger charge is 2.13. The van der Waals surface area contributed by atoms with E-state index in [1.165, 1.54) is 4.57 Å². The molecule has 0 radical (unpaired) electrons. The van der Waals surface area contributed by atoms with Gasteiger partial charge in [0.2, 0.25) is 0 Å². The van der Waals surface area contributed by atoms with Crippen LogP contribution in [0.3, 0.4) is 0 Å². The number of thiazole rings is 1. The zero-order chi connectivity index (χ0) is 21.1. The quantitative estimate of drug-likeness (QED) is 0.608. The molecule has 0 atom stereocenters. The van der Waals surface area contributed by atoms with Gasteiger partial charge in [0, 0.05) is 15.6 Å². The number of hydrogen-bond acceptors (Lipinski definition) is 4. The molecule has 0 N–H and O–H groups in total. The van der Waals surface area contributed by atoms with Crippen LogP contribution in [0.5, 0.6) is 0 Å². The lowest BCUT2D eigenvalue weighted by molar-refractivity contribution is 0.864. The van der Waals surface area contributed by atoms with Gasteiger partial charge >= 0.3 is 0 Å². The third kappa shape index (κ3) is 4.13. The first-order valence-electron chi connectivity index (χ1n) is 8.69. The third-order valence-electron chi connectivity index (χ3n) is 4.35. The van der Waals surface area contributed by atoms with Gasteiger partial charge < -0.3 is 0 Å². The summed E-state index contributed by atoms with van der Waals surface area (Å²) in [4.78, 5) is 13.2. The summed E-state index contributed by atoms with van der Waals surface area (Å²) in [5.41, 5.74) is 1.74. The number of nitriles is 2. The monoisotopic (exact) mass is 439 g/mol. The molecule has 0 fully saturated rings. The smallest absolute Gasteiger partial charge is 0.267 e. The van der Waals surface area contributed by atoms with Gasteiger partial charge in [-0.1, -0.05) is 55.2 Å². The summed E-state index contributed by atoms with van der Waals surface area (Å²) < 4.78 is 1.98. The Morgan fingerprint density at radius 3 is 2.17 bits per heavy atom. The van der Waals surface area contributed by atoms with Crippen molar-refractivity contribution in [1.29, 1.82) is 10.5 Å². The van der Waals surface area contributed by atoms with Crippen molar-refractivity contribution in [1.82, 2.24) is 4.57 Å². The van der Waals surface area contributed by atoms with E-state index in [1.54, 1.807) is 24.3 Å². The molecule has 7 heteroatoms. The normalized spacial score (nSPS) is 11.3. The second-order valence-electron chi connectivity index (χ2n) is 6.54. The van der Waals surface area contributed by atoms with Gasteiger partial charge in [-0.3, -0.25) is 9.36 Å². The van der Waals surface area contributed by atoms with Gasteiger partial charge in [-0.2, -0.15) is 10.5 Å². The molecule has 0 aliphatic heterocycles. The molecule has 0 saturated carbocycles. The van der Waals surface area contributed by atoms with E-state index in [2.05, 4.69) is 13.8 Å². The lowest BCUT2D eigenvalue weighted by atomic mass is 10.0. The fourth-order valence-corrected chi connectivity index (χ4v) is 4.34. The fraction of sp³-hybridized carbons (Fsp3) is 0.136. The molecule has 1 heterocycles. The first-order chi connectivity index (χ1) is 13.9. The molecule has 29 heavy (non-hydrogen) atoms. The van der Waals surface area contributed by atoms with Crippen LogP contribution in [-0.2, 0) is 0 Å². The van der Waals surface area contributed by atoms with Crippen LogP contribution in [0.25, 0.3) is 17.3 Å². The zero-order valence-electron chi connectivity index (χ0n) is 15.6. The van der Waals surface area contributed by atoms with Crippen molar-refractivity contribution in [3.05, 3.63) is 83.2 Å². The van der Waals surface area contributed by atoms with Gasteiger partial charge in [0.05, 0.1) is 10.2 Å². The van der Waals surface area contributed by atoms with E-state index in [0.717, 1.165) is 16.9 Å². The number of aromatic nitrogens is 1. The highest BCUT2D eigenvalue weighted by molar-refractivity contribution is 7.07. The van der Waals surface area contributed by atoms with Gasteiger partial charge in [-0.25, -0.2) is 0 Å². The molecule has 0 unspecified atom stereocenters. The first kappa shape index (κ1) is 20.9. The highest BCUT2D eigenvalue weighted by atomic mass is 35.5. The number of halogens is 2. The molecule has 0 aliphatic rings. The molecule has 0 spiro atoms. The van der Waals surface area contributed by atoms with Crippen molar-refractivity contribution < 1.29 is 0 Å². The molecule has 0 saturated heterocycles. The summed E-state index contributed by atoms with van der Waals surface area (Å²) in [5.74, 6) is 0.342. The second-order valence-corrected chi connectivity index (χ2v) is 8.38. The molecule has 1 aromatic heterocycles. The summed E-state index contributed by atoms with van der Waals surface area (Å²) in [6.07, 6.45) is 1.59. The summed E-state index contributed by atoms with van der Waals surface area (Å²) in [6, 6.07) is 16.3. The Morgan fingerprint density at radius 1 is 1.07 bits per heavy atom. The lowest BCUT2D eigenvalue weighted by Crippen LogP contribution is -2.30. The van der Waals surface area contributed by atoms with Crippen LogP contribution in [0.4, 0.5) is 0 Å². The Morgan fingerprint density at radius 2 is 1.66 bits per heavy atom. The summed E-state index contributed by atoms with van der Waals surface area (Å²) in [6.45, 7) is 4.16. The minimum atomic E-state index is -0.346. The van der Waals surface area contributed by atoms with Gasteiger partial charge in [-0.05, 0) is 41.8 Å². The predicted molar refractivity (Wildman–Crippen MR) is 118 cm³/mol. The number of hydrogen-bond donors (Lipinski definition) is 0. The van der Waals surface area contributed by atoms with E-state index < -0.39 is 0 Å². The fourth-order valence-electron chi connectivity index (χ4n) is 2.79. The number of rotatable bonds is 3. The Hall–Kier alpha value is -2.83. The Kier molecular flexibility index (Phi) is 6.25. The van der Waals surface area contributed by atoms with Crippen molar-refractivity contribution in [3.8, 4) is 17.8 Å². The van der Waals surface area contributed by atoms with Crippen LogP contribution in [0.15, 0.2) is 47.3 Å². The third-order valence-corrected chi connectivity index (χ3v) is 6.11. The number of benzene rings is 2. The van der Waals surface area contributed by atoms with Crippen LogP contribution < -0.4 is 14.8 Å². The molecule has 0 bridgehead atoms. The average Bonchev–Trinajstić information content (AvgIpc) is 3.02. The maximum atomic E-state index is 13.2. The molecule has 144 valence electrons. The van der Waals surface area contributed by atoms with Crippen LogP contribution in [0.2, 0.25) is 10.0 Å². The van der Waals surface area contributed by atoms with E-state index in [-0.39, 0.29) is 15.8 Å². The van der Waals surface area contributed by atoms with Crippen molar-refractivity contribution in [2.75, 3.05) is 0 Å². The van der Waals surface area contributed by atoms with Crippen LogP contribution in [0, 0.1) is 22.7 Å². The van der Waals surface area contributed by atoms with Crippen molar-refractivity contribution in [2.45, 2.75) is 19.8 Å². The average molecular weight is 440 g/mol. The highest BCUT2D eigenvalue weighted by Crippen LogP contribution is 2.24. The van der Waals surface area contributed by atoms with Crippen LogP contribution >= 0.6 is 34.5 Å². The van der Waals surface area contributed by atoms with Crippen LogP contribution in [0.1, 0.15) is 30.9 Å². The predicted octanol–water partition coefficient (Wildman–Crippen LogP) is 4.36. The van der Waals surface area contributed by atoms with E-state index in [9.17, 15) is 15.3 Å². The summed E-state index contributed by atoms with van der Waals surface area (Å²) in [5, 5.41) is 19.6. The lowest BCUT2D eigenvalue weighted by Gasteiger charge is -2.07. The zero-order valence-corrected chi connectivity index (χ0v) is 17.9. The Labute approximate surface area is 181 Å². The molecular weight excluding hydrogens is 425 g/mol. The Bertz CT molecular complexity index is 1300. The summed E-state index contributed by atoms with van der Waals surface area (Å²) in [7, 11) is 0. The maximum absolute atomic E-state index is 13.2. The minimum absolute atomic E-state index is 0.134. The standard InChI is InChI=1S/C22H15Cl2N3OS/c1-13(2)14-6-8-16(9-7-14)27-21(28)20(29-22(27)15(11-25)12-26)10-17-18(23)4-3-5-19(17)24/h3-10,13H,1-2H3. The molecular formula is C22H15Cl2N3OS. The number of nitrogens with zero attached hydrogens (tertiary/aromatic N) is 3. The van der Waals surface area contributed by atoms with Gasteiger partial charge in [0.15, 0.2) is 5.57 Å². The topological polar surface area (TPSA) is 69.6 Å². The summed E-state index contributed by atoms with van der Waals surface area (Å²) >= 11 is 13.5.